The number of aromatic amines is 1. The number of ether oxygens (including phenoxy) is 2. The van der Waals surface area contributed by atoms with Gasteiger partial charge in [-0.25, -0.2) is 4.79 Å². The molecule has 160 valence electrons. The molecule has 1 aliphatic heterocycles. The highest BCUT2D eigenvalue weighted by Gasteiger charge is 2.28. The number of nitrogens with one attached hydrogen (secondary N) is 1. The van der Waals surface area contributed by atoms with E-state index < -0.39 is 5.97 Å². The fourth-order valence-corrected chi connectivity index (χ4v) is 4.17. The summed E-state index contributed by atoms with van der Waals surface area (Å²) in [6.07, 6.45) is 0. The van der Waals surface area contributed by atoms with Crippen LogP contribution >= 0.6 is 0 Å². The molecule has 0 atom stereocenters. The number of fused-ring (bicyclic) bond motifs is 3. The molecule has 0 aliphatic carbocycles. The molecule has 6 heteroatoms. The Bertz CT molecular complexity index is 1080. The number of carbonyl (C=O) groups is 2. The lowest BCUT2D eigenvalue weighted by Gasteiger charge is -2.21. The van der Waals surface area contributed by atoms with Crippen molar-refractivity contribution < 1.29 is 19.1 Å². The number of methoxy groups -OCH3 is 1. The SMILES string of the molecule is COCCOC(=O)c1c(C)[nH]c(C(=O)N2Cc3ccccc3-c3ccccc3C2)c1C. The number of amides is 1. The second-order valence-corrected chi connectivity index (χ2v) is 7.73. The van der Waals surface area contributed by atoms with Crippen molar-refractivity contribution in [1.29, 1.82) is 0 Å². The van der Waals surface area contributed by atoms with Gasteiger partial charge < -0.3 is 19.4 Å². The Hall–Kier alpha value is -3.38. The van der Waals surface area contributed by atoms with E-state index in [1.54, 1.807) is 21.0 Å². The number of aromatic nitrogens is 1. The van der Waals surface area contributed by atoms with Crippen LogP contribution in [0.2, 0.25) is 0 Å². The molecular weight excluding hydrogens is 392 g/mol. The summed E-state index contributed by atoms with van der Waals surface area (Å²) in [5.74, 6) is -0.586. The normalized spacial score (nSPS) is 12.7. The summed E-state index contributed by atoms with van der Waals surface area (Å²) in [5, 5.41) is 0. The topological polar surface area (TPSA) is 71.6 Å². The fourth-order valence-electron chi connectivity index (χ4n) is 4.17. The number of hydrogen-bond donors (Lipinski definition) is 1. The van der Waals surface area contributed by atoms with Crippen molar-refractivity contribution >= 4 is 11.9 Å². The summed E-state index contributed by atoms with van der Waals surface area (Å²) in [5.41, 5.74) is 6.56. The Labute approximate surface area is 181 Å². The van der Waals surface area contributed by atoms with E-state index in [1.807, 2.05) is 29.2 Å². The van der Waals surface area contributed by atoms with Crippen LogP contribution in [0, 0.1) is 13.8 Å². The first-order valence-corrected chi connectivity index (χ1v) is 10.3. The average molecular weight is 418 g/mol. The highest BCUT2D eigenvalue weighted by atomic mass is 16.6. The highest BCUT2D eigenvalue weighted by molar-refractivity contribution is 6.00. The zero-order valence-corrected chi connectivity index (χ0v) is 18.0. The average Bonchev–Trinajstić information content (AvgIpc) is 2.97. The standard InChI is InChI=1S/C25H26N2O4/c1-16-22(25(29)31-13-12-30-3)17(2)26-23(16)24(28)27-14-18-8-4-6-10-20(18)21-11-7-5-9-19(21)15-27/h4-11,26H,12-15H2,1-3H3. The van der Waals surface area contributed by atoms with Gasteiger partial charge in [0.1, 0.15) is 12.3 Å². The molecule has 0 saturated carbocycles. The van der Waals surface area contributed by atoms with Crippen LogP contribution in [0.25, 0.3) is 11.1 Å². The van der Waals surface area contributed by atoms with Crippen LogP contribution < -0.4 is 0 Å². The summed E-state index contributed by atoms with van der Waals surface area (Å²) in [7, 11) is 1.55. The highest BCUT2D eigenvalue weighted by Crippen LogP contribution is 2.33. The predicted molar refractivity (Wildman–Crippen MR) is 118 cm³/mol. The van der Waals surface area contributed by atoms with Crippen LogP contribution in [-0.2, 0) is 22.6 Å². The summed E-state index contributed by atoms with van der Waals surface area (Å²) in [6.45, 7) is 5.05. The summed E-state index contributed by atoms with van der Waals surface area (Å²) in [6, 6.07) is 16.3. The van der Waals surface area contributed by atoms with Crippen LogP contribution in [0.3, 0.4) is 0 Å². The van der Waals surface area contributed by atoms with Crippen LogP contribution in [0.4, 0.5) is 0 Å². The predicted octanol–water partition coefficient (Wildman–Crippen LogP) is 4.26. The molecule has 1 aromatic heterocycles. The number of H-pyrrole nitrogens is 1. The van der Waals surface area contributed by atoms with Crippen molar-refractivity contribution in [3.05, 3.63) is 82.2 Å². The number of esters is 1. The van der Waals surface area contributed by atoms with Gasteiger partial charge in [0.25, 0.3) is 5.91 Å². The van der Waals surface area contributed by atoms with Crippen molar-refractivity contribution in [3.8, 4) is 11.1 Å². The van der Waals surface area contributed by atoms with Crippen LogP contribution in [0.1, 0.15) is 43.2 Å². The van der Waals surface area contributed by atoms with Crippen molar-refractivity contribution in [2.24, 2.45) is 0 Å². The van der Waals surface area contributed by atoms with Crippen molar-refractivity contribution in [2.45, 2.75) is 26.9 Å². The number of aryl methyl sites for hydroxylation is 1. The maximum Gasteiger partial charge on any atom is 0.340 e. The minimum Gasteiger partial charge on any atom is -0.460 e. The summed E-state index contributed by atoms with van der Waals surface area (Å²) in [4.78, 5) is 31.0. The molecule has 0 spiro atoms. The molecule has 31 heavy (non-hydrogen) atoms. The molecule has 1 amide bonds. The van der Waals surface area contributed by atoms with Gasteiger partial charge in [0.15, 0.2) is 0 Å². The second kappa shape index (κ2) is 8.78. The number of carbonyl (C=O) groups excluding carboxylic acids is 2. The van der Waals surface area contributed by atoms with Gasteiger partial charge in [-0.2, -0.15) is 0 Å². The molecule has 0 unspecified atom stereocenters. The molecule has 4 rings (SSSR count). The van der Waals surface area contributed by atoms with Crippen LogP contribution in [-0.4, -0.2) is 42.1 Å². The van der Waals surface area contributed by atoms with Crippen molar-refractivity contribution in [3.63, 3.8) is 0 Å². The summed E-state index contributed by atoms with van der Waals surface area (Å²) >= 11 is 0. The Morgan fingerprint density at radius 1 is 0.935 bits per heavy atom. The Balaban J connectivity index is 1.67. The zero-order valence-electron chi connectivity index (χ0n) is 18.0. The van der Waals surface area contributed by atoms with E-state index in [2.05, 4.69) is 29.2 Å². The minimum absolute atomic E-state index is 0.136. The van der Waals surface area contributed by atoms with E-state index in [0.29, 0.717) is 42.2 Å². The Morgan fingerprint density at radius 3 is 2.10 bits per heavy atom. The minimum atomic E-state index is -0.450. The maximum absolute atomic E-state index is 13.6. The Kier molecular flexibility index (Phi) is 5.91. The lowest BCUT2D eigenvalue weighted by molar-refractivity contribution is 0.0387. The van der Waals surface area contributed by atoms with Gasteiger partial charge in [0.05, 0.1) is 12.2 Å². The molecule has 0 bridgehead atoms. The largest absolute Gasteiger partial charge is 0.460 e. The first kappa shape index (κ1) is 20.9. The Morgan fingerprint density at radius 2 is 1.52 bits per heavy atom. The van der Waals surface area contributed by atoms with Gasteiger partial charge in [-0.3, -0.25) is 4.79 Å². The van der Waals surface area contributed by atoms with E-state index in [9.17, 15) is 9.59 Å². The first-order chi connectivity index (χ1) is 15.0. The molecule has 0 saturated heterocycles. The van der Waals surface area contributed by atoms with E-state index in [0.717, 1.165) is 22.3 Å². The van der Waals surface area contributed by atoms with E-state index in [-0.39, 0.29) is 12.5 Å². The molecule has 6 nitrogen and oxygen atoms in total. The van der Waals surface area contributed by atoms with Gasteiger partial charge in [0, 0.05) is 25.9 Å². The smallest absolute Gasteiger partial charge is 0.340 e. The monoisotopic (exact) mass is 418 g/mol. The summed E-state index contributed by atoms with van der Waals surface area (Å²) < 4.78 is 10.2. The van der Waals surface area contributed by atoms with Crippen molar-refractivity contribution in [1.82, 2.24) is 9.88 Å². The lowest BCUT2D eigenvalue weighted by atomic mass is 9.97. The molecule has 2 aromatic carbocycles. The number of nitrogens with zero attached hydrogens (tertiary/aromatic N) is 1. The number of hydrogen-bond acceptors (Lipinski definition) is 4. The maximum atomic E-state index is 13.6. The third-order valence-electron chi connectivity index (χ3n) is 5.71. The van der Waals surface area contributed by atoms with E-state index >= 15 is 0 Å². The number of benzene rings is 2. The van der Waals surface area contributed by atoms with Crippen LogP contribution in [0.5, 0.6) is 0 Å². The van der Waals surface area contributed by atoms with Gasteiger partial charge in [-0.1, -0.05) is 48.5 Å². The molecule has 1 N–H and O–H groups in total. The van der Waals surface area contributed by atoms with Gasteiger partial charge in [-0.15, -0.1) is 0 Å². The zero-order chi connectivity index (χ0) is 22.0. The third kappa shape index (κ3) is 3.99. The van der Waals surface area contributed by atoms with E-state index in [1.165, 1.54) is 0 Å². The molecule has 2 heterocycles. The van der Waals surface area contributed by atoms with Gasteiger partial charge in [-0.05, 0) is 41.7 Å². The quantitative estimate of drug-likeness (QED) is 0.496. The number of rotatable bonds is 5. The molecule has 1 aliphatic rings. The molecule has 0 fully saturated rings. The molecule has 3 aromatic rings. The second-order valence-electron chi connectivity index (χ2n) is 7.73. The fraction of sp³-hybridized carbons (Fsp3) is 0.280. The van der Waals surface area contributed by atoms with Crippen molar-refractivity contribution in [2.75, 3.05) is 20.3 Å². The first-order valence-electron chi connectivity index (χ1n) is 10.3. The van der Waals surface area contributed by atoms with E-state index in [4.69, 9.17) is 9.47 Å². The molecule has 0 radical (unpaired) electrons. The van der Waals surface area contributed by atoms with Gasteiger partial charge >= 0.3 is 5.97 Å². The van der Waals surface area contributed by atoms with Gasteiger partial charge in [0.2, 0.25) is 0 Å². The third-order valence-corrected chi connectivity index (χ3v) is 5.71. The lowest BCUT2D eigenvalue weighted by Crippen LogP contribution is -2.30. The molecular formula is C25H26N2O4. The van der Waals surface area contributed by atoms with Crippen LogP contribution in [0.15, 0.2) is 48.5 Å².